The van der Waals surface area contributed by atoms with Gasteiger partial charge in [0.05, 0.1) is 6.61 Å². The molecule has 0 radical (unpaired) electrons. The van der Waals surface area contributed by atoms with Crippen molar-refractivity contribution in [2.24, 2.45) is 0 Å². The Hall–Kier alpha value is -0.650. The van der Waals surface area contributed by atoms with Gasteiger partial charge in [-0.05, 0) is 39.3 Å². The van der Waals surface area contributed by atoms with Crippen molar-refractivity contribution >= 4 is 5.91 Å². The Morgan fingerprint density at radius 1 is 1.42 bits per heavy atom. The molecule has 0 aromatic rings. The summed E-state index contributed by atoms with van der Waals surface area (Å²) in [7, 11) is 2.06. The average Bonchev–Trinajstić information content (AvgIpc) is 3.12. The molecule has 0 aromatic heterocycles. The molecule has 3 rings (SSSR count). The quantitative estimate of drug-likeness (QED) is 0.782. The molecule has 108 valence electrons. The van der Waals surface area contributed by atoms with Crippen LogP contribution >= 0.6 is 0 Å². The predicted molar refractivity (Wildman–Crippen MR) is 73.0 cm³/mol. The lowest BCUT2D eigenvalue weighted by molar-refractivity contribution is -0.149. The Bertz CT molecular complexity index is 327. The highest BCUT2D eigenvalue weighted by Crippen LogP contribution is 2.29. The van der Waals surface area contributed by atoms with E-state index in [1.54, 1.807) is 0 Å². The van der Waals surface area contributed by atoms with Gasteiger partial charge in [0.2, 0.25) is 0 Å². The van der Waals surface area contributed by atoms with Crippen LogP contribution in [-0.4, -0.2) is 73.7 Å². The number of nitrogens with zero attached hydrogens (tertiary/aromatic N) is 2. The molecule has 3 fully saturated rings. The first-order valence-corrected chi connectivity index (χ1v) is 7.58. The molecule has 19 heavy (non-hydrogen) atoms. The van der Waals surface area contributed by atoms with E-state index in [1.165, 1.54) is 25.7 Å². The van der Waals surface area contributed by atoms with E-state index >= 15 is 0 Å². The van der Waals surface area contributed by atoms with E-state index in [9.17, 15) is 4.79 Å². The summed E-state index contributed by atoms with van der Waals surface area (Å²) < 4.78 is 5.68. The van der Waals surface area contributed by atoms with Crippen molar-refractivity contribution in [1.29, 1.82) is 0 Å². The maximum Gasteiger partial charge on any atom is 0.253 e. The fourth-order valence-electron chi connectivity index (χ4n) is 3.07. The zero-order valence-electron chi connectivity index (χ0n) is 11.8. The first-order valence-electron chi connectivity index (χ1n) is 7.58. The van der Waals surface area contributed by atoms with Crippen molar-refractivity contribution in [1.82, 2.24) is 15.1 Å². The van der Waals surface area contributed by atoms with Crippen molar-refractivity contribution in [2.75, 3.05) is 39.8 Å². The second-order valence-electron chi connectivity index (χ2n) is 6.14. The first kappa shape index (κ1) is 13.3. The number of carbonyl (C=O) groups is 1. The molecule has 0 bridgehead atoms. The van der Waals surface area contributed by atoms with Crippen molar-refractivity contribution < 1.29 is 9.53 Å². The molecule has 2 atom stereocenters. The summed E-state index contributed by atoms with van der Waals surface area (Å²) >= 11 is 0. The lowest BCUT2D eigenvalue weighted by Gasteiger charge is -2.34. The van der Waals surface area contributed by atoms with Crippen molar-refractivity contribution in [3.05, 3.63) is 0 Å². The second kappa shape index (κ2) is 5.77. The van der Waals surface area contributed by atoms with Crippen LogP contribution in [0.1, 0.15) is 25.7 Å². The van der Waals surface area contributed by atoms with E-state index in [-0.39, 0.29) is 12.0 Å². The van der Waals surface area contributed by atoms with Crippen LogP contribution < -0.4 is 5.32 Å². The zero-order chi connectivity index (χ0) is 13.2. The third-order valence-electron chi connectivity index (χ3n) is 4.40. The number of amides is 1. The van der Waals surface area contributed by atoms with Crippen LogP contribution in [0.15, 0.2) is 0 Å². The number of hydrogen-bond donors (Lipinski definition) is 1. The third kappa shape index (κ3) is 3.27. The number of ether oxygens (including phenoxy) is 1. The molecule has 5 heteroatoms. The van der Waals surface area contributed by atoms with Crippen molar-refractivity contribution in [3.8, 4) is 0 Å². The third-order valence-corrected chi connectivity index (χ3v) is 4.40. The molecule has 1 N–H and O–H groups in total. The van der Waals surface area contributed by atoms with Crippen LogP contribution in [0.2, 0.25) is 0 Å². The Balaban J connectivity index is 1.60. The maximum absolute atomic E-state index is 12.7. The van der Waals surface area contributed by atoms with Gasteiger partial charge in [-0.25, -0.2) is 0 Å². The van der Waals surface area contributed by atoms with Crippen LogP contribution in [0.3, 0.4) is 0 Å². The fourth-order valence-corrected chi connectivity index (χ4v) is 3.07. The largest absolute Gasteiger partial charge is 0.366 e. The van der Waals surface area contributed by atoms with Crippen molar-refractivity contribution in [3.63, 3.8) is 0 Å². The van der Waals surface area contributed by atoms with Gasteiger partial charge in [-0.15, -0.1) is 0 Å². The van der Waals surface area contributed by atoms with E-state index in [0.717, 1.165) is 26.2 Å². The van der Waals surface area contributed by atoms with E-state index in [2.05, 4.69) is 22.2 Å². The molecular formula is C14H25N3O2. The topological polar surface area (TPSA) is 44.8 Å². The zero-order valence-corrected chi connectivity index (χ0v) is 11.8. The first-order chi connectivity index (χ1) is 9.24. The highest BCUT2D eigenvalue weighted by atomic mass is 16.5. The van der Waals surface area contributed by atoms with E-state index in [0.29, 0.717) is 18.7 Å². The summed E-state index contributed by atoms with van der Waals surface area (Å²) in [6, 6.07) is 0.969. The van der Waals surface area contributed by atoms with Crippen LogP contribution in [0.4, 0.5) is 0 Å². The molecule has 1 amide bonds. The van der Waals surface area contributed by atoms with E-state index in [1.807, 2.05) is 0 Å². The molecule has 2 heterocycles. The molecule has 2 aliphatic heterocycles. The summed E-state index contributed by atoms with van der Waals surface area (Å²) in [4.78, 5) is 16.9. The van der Waals surface area contributed by atoms with Gasteiger partial charge in [-0.3, -0.25) is 4.79 Å². The number of rotatable bonds is 4. The molecule has 5 nitrogen and oxygen atoms in total. The van der Waals surface area contributed by atoms with Crippen LogP contribution in [0, 0.1) is 0 Å². The molecule has 2 saturated heterocycles. The molecule has 0 aromatic carbocycles. The summed E-state index contributed by atoms with van der Waals surface area (Å²) in [6.45, 7) is 4.30. The Kier molecular flexibility index (Phi) is 4.05. The summed E-state index contributed by atoms with van der Waals surface area (Å²) in [6.07, 6.45) is 4.52. The Morgan fingerprint density at radius 3 is 2.89 bits per heavy atom. The minimum absolute atomic E-state index is 0.211. The number of nitrogens with one attached hydrogen (secondary N) is 1. The lowest BCUT2D eigenvalue weighted by atomic mass is 10.2. The van der Waals surface area contributed by atoms with Gasteiger partial charge >= 0.3 is 0 Å². The van der Waals surface area contributed by atoms with Gasteiger partial charge in [0.1, 0.15) is 6.10 Å². The van der Waals surface area contributed by atoms with Gasteiger partial charge < -0.3 is 19.9 Å². The standard InChI is InChI=1S/C14H25N3O2/c1-16-7-8-19-13(10-16)14(18)17(12-4-5-12)9-11-3-2-6-15-11/h11-13,15H,2-10H2,1H3. The van der Waals surface area contributed by atoms with Crippen LogP contribution in [0.5, 0.6) is 0 Å². The molecule has 1 saturated carbocycles. The summed E-state index contributed by atoms with van der Waals surface area (Å²) in [5, 5.41) is 3.49. The molecular weight excluding hydrogens is 242 g/mol. The Labute approximate surface area is 115 Å². The maximum atomic E-state index is 12.7. The monoisotopic (exact) mass is 267 g/mol. The molecule has 3 aliphatic rings. The van der Waals surface area contributed by atoms with Gasteiger partial charge in [-0.1, -0.05) is 0 Å². The highest BCUT2D eigenvalue weighted by Gasteiger charge is 2.38. The smallest absolute Gasteiger partial charge is 0.253 e. The molecule has 0 spiro atoms. The number of hydrogen-bond acceptors (Lipinski definition) is 4. The number of likely N-dealkylation sites (N-methyl/N-ethyl adjacent to an activating group) is 1. The lowest BCUT2D eigenvalue weighted by Crippen LogP contribution is -2.52. The van der Waals surface area contributed by atoms with Gasteiger partial charge in [0, 0.05) is 31.7 Å². The van der Waals surface area contributed by atoms with Crippen LogP contribution in [0.25, 0.3) is 0 Å². The van der Waals surface area contributed by atoms with Gasteiger partial charge in [0.15, 0.2) is 0 Å². The normalized spacial score (nSPS) is 32.5. The highest BCUT2D eigenvalue weighted by molar-refractivity contribution is 5.82. The number of carbonyl (C=O) groups excluding carboxylic acids is 1. The van der Waals surface area contributed by atoms with Gasteiger partial charge in [-0.2, -0.15) is 0 Å². The van der Waals surface area contributed by atoms with Crippen LogP contribution in [-0.2, 0) is 9.53 Å². The average molecular weight is 267 g/mol. The van der Waals surface area contributed by atoms with E-state index < -0.39 is 0 Å². The summed E-state index contributed by atoms with van der Waals surface area (Å²) in [5.74, 6) is 0.211. The van der Waals surface area contributed by atoms with Crippen molar-refractivity contribution in [2.45, 2.75) is 43.9 Å². The van der Waals surface area contributed by atoms with Gasteiger partial charge in [0.25, 0.3) is 5.91 Å². The second-order valence-corrected chi connectivity index (χ2v) is 6.14. The minimum atomic E-state index is -0.249. The molecule has 1 aliphatic carbocycles. The number of morpholine rings is 1. The van der Waals surface area contributed by atoms with E-state index in [4.69, 9.17) is 4.74 Å². The minimum Gasteiger partial charge on any atom is -0.366 e. The SMILES string of the molecule is CN1CCOC(C(=O)N(CC2CCCN2)C2CC2)C1. The predicted octanol–water partition coefficient (Wildman–Crippen LogP) is 0.0600. The molecule has 2 unspecified atom stereocenters. The Morgan fingerprint density at radius 2 is 2.26 bits per heavy atom. The fraction of sp³-hybridized carbons (Fsp3) is 0.929. The summed E-state index contributed by atoms with van der Waals surface area (Å²) in [5.41, 5.74) is 0.